The lowest BCUT2D eigenvalue weighted by Gasteiger charge is -2.35. The van der Waals surface area contributed by atoms with E-state index in [0.29, 0.717) is 24.3 Å². The lowest BCUT2D eigenvalue weighted by atomic mass is 9.89. The maximum absolute atomic E-state index is 17.0. The number of nitrogen functional groups attached to an aromatic ring is 1. The van der Waals surface area contributed by atoms with Crippen LogP contribution in [0, 0.1) is 29.8 Å². The second-order valence-electron chi connectivity index (χ2n) is 13.2. The van der Waals surface area contributed by atoms with E-state index >= 15 is 8.78 Å². The van der Waals surface area contributed by atoms with Crippen molar-refractivity contribution in [3.63, 3.8) is 0 Å². The van der Waals surface area contributed by atoms with Crippen LogP contribution in [0.25, 0.3) is 32.8 Å². The Kier molecular flexibility index (Phi) is 6.48. The van der Waals surface area contributed by atoms with Gasteiger partial charge in [0.1, 0.15) is 29.6 Å². The van der Waals surface area contributed by atoms with Crippen molar-refractivity contribution < 1.29 is 17.9 Å². The molecular formula is C38H31F3N6O. The Labute approximate surface area is 275 Å². The Bertz CT molecular complexity index is 2230. The number of halogens is 3. The molecule has 0 saturated carbocycles. The van der Waals surface area contributed by atoms with Gasteiger partial charge in [-0.2, -0.15) is 9.97 Å². The molecule has 0 amide bonds. The minimum absolute atomic E-state index is 0.00574. The summed E-state index contributed by atoms with van der Waals surface area (Å²) >= 11 is 0. The Balaban J connectivity index is 1.22. The average Bonchev–Trinajstić information content (AvgIpc) is 3.74. The standard InChI is InChI=1S/C38H31F3N6O/c1-2-26-30(39)11-8-21-14-23(42)15-27(32(21)26)33-31(40)16-28-35(34(33)41)44-37(45-36(28)46-18-24-9-10-25(19-46)43-24)48-20-38-12-5-13-47(38)17-22-6-3-4-7-29(22)38/h1,3-4,6-11,14-16,24-25,43H,5,12-13,17-20,42H2/t24?,25?,38-/m1/s1. The quantitative estimate of drug-likeness (QED) is 0.137. The normalized spacial score (nSPS) is 22.8. The Morgan fingerprint density at radius 1 is 1.02 bits per heavy atom. The maximum Gasteiger partial charge on any atom is 0.319 e. The summed E-state index contributed by atoms with van der Waals surface area (Å²) in [5, 5.41) is 4.37. The van der Waals surface area contributed by atoms with E-state index in [9.17, 15) is 4.39 Å². The summed E-state index contributed by atoms with van der Waals surface area (Å²) in [6, 6.07) is 15.5. The van der Waals surface area contributed by atoms with Gasteiger partial charge in [0.15, 0.2) is 5.82 Å². The van der Waals surface area contributed by atoms with Crippen LogP contribution in [0.3, 0.4) is 0 Å². The third-order valence-corrected chi connectivity index (χ3v) is 10.4. The van der Waals surface area contributed by atoms with E-state index in [4.69, 9.17) is 21.9 Å². The Morgan fingerprint density at radius 2 is 1.83 bits per heavy atom. The molecule has 2 bridgehead atoms. The van der Waals surface area contributed by atoms with E-state index in [1.807, 2.05) is 17.0 Å². The summed E-state index contributed by atoms with van der Waals surface area (Å²) in [7, 11) is 0. The van der Waals surface area contributed by atoms with Gasteiger partial charge in [0.2, 0.25) is 0 Å². The van der Waals surface area contributed by atoms with Gasteiger partial charge in [-0.3, -0.25) is 4.90 Å². The van der Waals surface area contributed by atoms with Crippen LogP contribution in [-0.4, -0.2) is 53.2 Å². The molecule has 3 atom stereocenters. The van der Waals surface area contributed by atoms with Crippen molar-refractivity contribution in [1.29, 1.82) is 0 Å². The van der Waals surface area contributed by atoms with E-state index in [0.717, 1.165) is 25.9 Å². The van der Waals surface area contributed by atoms with E-state index < -0.39 is 23.0 Å². The first kappa shape index (κ1) is 29.1. The number of aromatic nitrogens is 2. The first-order valence-corrected chi connectivity index (χ1v) is 16.2. The molecule has 240 valence electrons. The number of hydrogen-bond acceptors (Lipinski definition) is 7. The van der Waals surface area contributed by atoms with Crippen molar-refractivity contribution in [3.05, 3.63) is 101 Å². The molecule has 4 aliphatic heterocycles. The van der Waals surface area contributed by atoms with Crippen molar-refractivity contribution in [2.45, 2.75) is 37.0 Å². The molecule has 1 aromatic heterocycles. The molecule has 2 saturated heterocycles. The van der Waals surface area contributed by atoms with Gasteiger partial charge in [-0.1, -0.05) is 48.4 Å². The lowest BCUT2D eigenvalue weighted by molar-refractivity contribution is 0.0826. The highest BCUT2D eigenvalue weighted by atomic mass is 19.1. The fourth-order valence-corrected chi connectivity index (χ4v) is 8.33. The van der Waals surface area contributed by atoms with Crippen LogP contribution >= 0.6 is 0 Å². The second-order valence-corrected chi connectivity index (χ2v) is 13.2. The number of nitrogens with two attached hydrogens (primary N) is 1. The molecule has 10 heteroatoms. The first-order chi connectivity index (χ1) is 23.3. The van der Waals surface area contributed by atoms with Crippen LogP contribution < -0.4 is 20.7 Å². The predicted molar refractivity (Wildman–Crippen MR) is 180 cm³/mol. The molecule has 2 unspecified atom stereocenters. The first-order valence-electron chi connectivity index (χ1n) is 16.2. The highest BCUT2D eigenvalue weighted by molar-refractivity contribution is 6.05. The minimum atomic E-state index is -0.930. The second kappa shape index (κ2) is 10.7. The number of anilines is 2. The van der Waals surface area contributed by atoms with Crippen molar-refractivity contribution >= 4 is 33.2 Å². The van der Waals surface area contributed by atoms with Crippen molar-refractivity contribution in [2.24, 2.45) is 0 Å². The van der Waals surface area contributed by atoms with Crippen LogP contribution in [-0.2, 0) is 12.1 Å². The Morgan fingerprint density at radius 3 is 2.65 bits per heavy atom. The zero-order valence-electron chi connectivity index (χ0n) is 25.9. The zero-order chi connectivity index (χ0) is 32.7. The third-order valence-electron chi connectivity index (χ3n) is 10.4. The van der Waals surface area contributed by atoms with Gasteiger partial charge in [-0.25, -0.2) is 13.2 Å². The minimum Gasteiger partial charge on any atom is -0.461 e. The van der Waals surface area contributed by atoms with Gasteiger partial charge in [0, 0.05) is 48.2 Å². The fourth-order valence-electron chi connectivity index (χ4n) is 8.33. The van der Waals surface area contributed by atoms with Crippen LogP contribution in [0.2, 0.25) is 0 Å². The van der Waals surface area contributed by atoms with E-state index in [2.05, 4.69) is 45.4 Å². The van der Waals surface area contributed by atoms with E-state index in [-0.39, 0.29) is 63.3 Å². The molecule has 9 rings (SSSR count). The molecular weight excluding hydrogens is 613 g/mol. The number of hydrogen-bond donors (Lipinski definition) is 2. The summed E-state index contributed by atoms with van der Waals surface area (Å²) in [6.45, 7) is 3.18. The number of nitrogens with zero attached hydrogens (tertiary/aromatic N) is 4. The molecule has 7 nitrogen and oxygen atoms in total. The van der Waals surface area contributed by atoms with Crippen molar-refractivity contribution in [3.8, 4) is 29.5 Å². The number of piperazine rings is 1. The van der Waals surface area contributed by atoms with Gasteiger partial charge in [-0.05, 0) is 65.7 Å². The van der Waals surface area contributed by atoms with Crippen LogP contribution in [0.15, 0.2) is 66.7 Å². The Hall–Kier alpha value is -5.11. The van der Waals surface area contributed by atoms with Crippen molar-refractivity contribution in [2.75, 3.05) is 36.9 Å². The number of terminal acetylenes is 1. The van der Waals surface area contributed by atoms with Gasteiger partial charge in [-0.15, -0.1) is 6.42 Å². The van der Waals surface area contributed by atoms with Crippen LogP contribution in [0.1, 0.15) is 29.5 Å². The third kappa shape index (κ3) is 4.31. The van der Waals surface area contributed by atoms with E-state index in [1.165, 1.54) is 35.4 Å². The highest BCUT2D eigenvalue weighted by Crippen LogP contribution is 2.47. The SMILES string of the molecule is C#Cc1c(F)ccc2cc(N)cc(-c3c(F)cc4c(N5CC6C=CC(C5)N6)nc(OC[C@@]56CCCN5Cc5ccccc56)nc4c3F)c12. The maximum atomic E-state index is 17.0. The number of rotatable bonds is 5. The number of fused-ring (bicyclic) bond motifs is 7. The largest absolute Gasteiger partial charge is 0.461 e. The molecule has 3 N–H and O–H groups in total. The molecule has 5 aromatic rings. The lowest BCUT2D eigenvalue weighted by Crippen LogP contribution is -2.52. The smallest absolute Gasteiger partial charge is 0.319 e. The average molecular weight is 645 g/mol. The fraction of sp³-hybridized carbons (Fsp3) is 0.263. The molecule has 4 aromatic carbocycles. The summed E-state index contributed by atoms with van der Waals surface area (Å²) in [5.41, 5.74) is 8.05. The highest BCUT2D eigenvalue weighted by Gasteiger charge is 2.48. The molecule has 0 spiro atoms. The molecule has 48 heavy (non-hydrogen) atoms. The summed E-state index contributed by atoms with van der Waals surface area (Å²) < 4.78 is 54.8. The number of benzene rings is 4. The summed E-state index contributed by atoms with van der Waals surface area (Å²) in [5.74, 6) is 0.281. The van der Waals surface area contributed by atoms with Crippen LogP contribution in [0.5, 0.6) is 6.01 Å². The zero-order valence-corrected chi connectivity index (χ0v) is 25.9. The van der Waals surface area contributed by atoms with E-state index in [1.54, 1.807) is 6.07 Å². The molecule has 5 heterocycles. The van der Waals surface area contributed by atoms with Gasteiger partial charge < -0.3 is 20.7 Å². The van der Waals surface area contributed by atoms with Gasteiger partial charge >= 0.3 is 6.01 Å². The molecule has 4 aliphatic rings. The van der Waals surface area contributed by atoms with Crippen LogP contribution in [0.4, 0.5) is 24.7 Å². The van der Waals surface area contributed by atoms with Gasteiger partial charge in [0.25, 0.3) is 0 Å². The molecule has 0 aliphatic carbocycles. The molecule has 0 radical (unpaired) electrons. The predicted octanol–water partition coefficient (Wildman–Crippen LogP) is 6.03. The topological polar surface area (TPSA) is 79.5 Å². The van der Waals surface area contributed by atoms with Crippen molar-refractivity contribution in [1.82, 2.24) is 20.2 Å². The summed E-state index contributed by atoms with van der Waals surface area (Å²) in [6.07, 6.45) is 11.9. The van der Waals surface area contributed by atoms with Gasteiger partial charge in [0.05, 0.1) is 16.7 Å². The number of ether oxygens (including phenoxy) is 1. The monoisotopic (exact) mass is 644 g/mol. The number of nitrogens with one attached hydrogen (secondary N) is 1. The summed E-state index contributed by atoms with van der Waals surface area (Å²) in [4.78, 5) is 13.9. The molecule has 2 fully saturated rings.